The number of fused-ring (bicyclic) bond motifs is 1. The highest BCUT2D eigenvalue weighted by Crippen LogP contribution is 2.30. The van der Waals surface area contributed by atoms with Gasteiger partial charge in [-0.05, 0) is 47.2 Å². The van der Waals surface area contributed by atoms with E-state index < -0.39 is 17.6 Å². The maximum absolute atomic E-state index is 15.1. The van der Waals surface area contributed by atoms with Crippen LogP contribution in [0, 0.1) is 5.82 Å². The van der Waals surface area contributed by atoms with E-state index >= 15 is 4.39 Å². The number of hydrogen-bond acceptors (Lipinski definition) is 1. The summed E-state index contributed by atoms with van der Waals surface area (Å²) in [6.45, 7) is 6.08. The Hall–Kier alpha value is -3.61. The predicted octanol–water partition coefficient (Wildman–Crippen LogP) is 7.51. The average molecular weight is 497 g/mol. The van der Waals surface area contributed by atoms with Crippen molar-refractivity contribution >= 4 is 16.8 Å². The molecule has 0 saturated heterocycles. The molecule has 0 unspecified atom stereocenters. The lowest BCUT2D eigenvalue weighted by atomic mass is 9.86. The summed E-state index contributed by atoms with van der Waals surface area (Å²) < 4.78 is 54.6. The van der Waals surface area contributed by atoms with Gasteiger partial charge in [-0.1, -0.05) is 63.2 Å². The highest BCUT2D eigenvalue weighted by atomic mass is 19.4. The van der Waals surface area contributed by atoms with E-state index in [0.29, 0.717) is 22.2 Å². The minimum Gasteiger partial charge on any atom is -0.361 e. The molecule has 4 rings (SSSR count). The van der Waals surface area contributed by atoms with Gasteiger partial charge >= 0.3 is 6.18 Å². The zero-order valence-electron chi connectivity index (χ0n) is 20.4. The van der Waals surface area contributed by atoms with Crippen LogP contribution < -0.4 is 0 Å². The number of amides is 1. The number of carbonyl (C=O) groups excluding carboxylic acids is 1. The molecule has 0 fully saturated rings. The van der Waals surface area contributed by atoms with E-state index in [4.69, 9.17) is 0 Å². The second kappa shape index (κ2) is 9.80. The lowest BCUT2D eigenvalue weighted by Crippen LogP contribution is -2.33. The molecule has 188 valence electrons. The Bertz CT molecular complexity index is 1380. The van der Waals surface area contributed by atoms with Crippen molar-refractivity contribution in [3.8, 4) is 0 Å². The number of nitrogens with one attached hydrogen (secondary N) is 1. The van der Waals surface area contributed by atoms with Gasteiger partial charge in [-0.3, -0.25) is 4.79 Å². The molecule has 0 aliphatic carbocycles. The summed E-state index contributed by atoms with van der Waals surface area (Å²) in [6, 6.07) is 17.3. The summed E-state index contributed by atoms with van der Waals surface area (Å²) in [4.78, 5) is 18.2. The van der Waals surface area contributed by atoms with E-state index in [9.17, 15) is 18.0 Å². The van der Waals surface area contributed by atoms with Crippen LogP contribution in [-0.2, 0) is 24.6 Å². The van der Waals surface area contributed by atoms with Crippen LogP contribution in [0.2, 0.25) is 0 Å². The van der Waals surface area contributed by atoms with Gasteiger partial charge in [0.2, 0.25) is 0 Å². The fraction of sp³-hybridized carbons (Fsp3) is 0.276. The van der Waals surface area contributed by atoms with Crippen LogP contribution in [0.3, 0.4) is 0 Å². The van der Waals surface area contributed by atoms with Crippen molar-refractivity contribution in [1.29, 1.82) is 0 Å². The second-order valence-corrected chi connectivity index (χ2v) is 9.98. The molecule has 0 atom stereocenters. The number of aromatic nitrogens is 1. The van der Waals surface area contributed by atoms with Crippen LogP contribution in [0.5, 0.6) is 0 Å². The molecule has 1 aromatic heterocycles. The first kappa shape index (κ1) is 25.5. The van der Waals surface area contributed by atoms with E-state index in [1.165, 1.54) is 17.0 Å². The van der Waals surface area contributed by atoms with Gasteiger partial charge in [0.05, 0.1) is 16.6 Å². The van der Waals surface area contributed by atoms with Crippen molar-refractivity contribution in [3.05, 3.63) is 107 Å². The number of aromatic amines is 1. The molecule has 3 aromatic carbocycles. The van der Waals surface area contributed by atoms with Crippen molar-refractivity contribution in [2.45, 2.75) is 45.3 Å². The van der Waals surface area contributed by atoms with Crippen molar-refractivity contribution in [2.24, 2.45) is 0 Å². The van der Waals surface area contributed by atoms with Crippen molar-refractivity contribution < 1.29 is 22.4 Å². The van der Waals surface area contributed by atoms with Gasteiger partial charge in [0.15, 0.2) is 0 Å². The molecule has 0 bridgehead atoms. The number of H-pyrrole nitrogens is 1. The molecule has 0 spiro atoms. The molecule has 0 radical (unpaired) electrons. The van der Waals surface area contributed by atoms with Crippen molar-refractivity contribution in [1.82, 2.24) is 9.88 Å². The van der Waals surface area contributed by atoms with E-state index in [1.807, 2.05) is 39.0 Å². The standard InChI is InChI=1S/C29H28F4N2O/c1-28(2,3)22-11-10-21(25(30)17-22)18-35(15-13-19-6-4-8-23(16-19)29(31,32)33)27(36)24-9-5-7-20-12-14-34-26(20)24/h4-12,14,16-17,34H,13,15,18H2,1-3H3. The van der Waals surface area contributed by atoms with Gasteiger partial charge in [0.1, 0.15) is 5.82 Å². The van der Waals surface area contributed by atoms with Gasteiger partial charge in [-0.2, -0.15) is 13.2 Å². The molecule has 1 N–H and O–H groups in total. The van der Waals surface area contributed by atoms with E-state index in [-0.39, 0.29) is 30.8 Å². The third kappa shape index (κ3) is 5.61. The van der Waals surface area contributed by atoms with Gasteiger partial charge in [0.25, 0.3) is 5.91 Å². The minimum atomic E-state index is -4.45. The summed E-state index contributed by atoms with van der Waals surface area (Å²) in [5.41, 5.74) is 1.74. The van der Waals surface area contributed by atoms with Crippen molar-refractivity contribution in [3.63, 3.8) is 0 Å². The van der Waals surface area contributed by atoms with E-state index in [2.05, 4.69) is 4.98 Å². The second-order valence-electron chi connectivity index (χ2n) is 9.98. The van der Waals surface area contributed by atoms with E-state index in [0.717, 1.165) is 23.1 Å². The smallest absolute Gasteiger partial charge is 0.361 e. The lowest BCUT2D eigenvalue weighted by molar-refractivity contribution is -0.137. The number of hydrogen-bond donors (Lipinski definition) is 1. The Kier molecular flexibility index (Phi) is 6.94. The lowest BCUT2D eigenvalue weighted by Gasteiger charge is -2.25. The molecule has 3 nitrogen and oxygen atoms in total. The first-order valence-electron chi connectivity index (χ1n) is 11.7. The number of rotatable bonds is 6. The molecule has 0 saturated carbocycles. The van der Waals surface area contributed by atoms with Crippen LogP contribution in [-0.4, -0.2) is 22.3 Å². The first-order valence-corrected chi connectivity index (χ1v) is 11.7. The van der Waals surface area contributed by atoms with Crippen LogP contribution in [0.1, 0.15) is 53.4 Å². The summed E-state index contributed by atoms with van der Waals surface area (Å²) in [7, 11) is 0. The maximum Gasteiger partial charge on any atom is 0.416 e. The number of carbonyl (C=O) groups is 1. The third-order valence-electron chi connectivity index (χ3n) is 6.31. The largest absolute Gasteiger partial charge is 0.416 e. The first-order chi connectivity index (χ1) is 16.9. The molecular formula is C29H28F4N2O. The predicted molar refractivity (Wildman–Crippen MR) is 133 cm³/mol. The molecule has 36 heavy (non-hydrogen) atoms. The molecule has 4 aromatic rings. The average Bonchev–Trinajstić information content (AvgIpc) is 3.30. The summed E-state index contributed by atoms with van der Waals surface area (Å²) in [5, 5.41) is 0.861. The third-order valence-corrected chi connectivity index (χ3v) is 6.31. The van der Waals surface area contributed by atoms with Crippen LogP contribution >= 0.6 is 0 Å². The maximum atomic E-state index is 15.1. The molecule has 0 aliphatic heterocycles. The Morgan fingerprint density at radius 3 is 2.36 bits per heavy atom. The summed E-state index contributed by atoms with van der Waals surface area (Å²) >= 11 is 0. The summed E-state index contributed by atoms with van der Waals surface area (Å²) in [5.74, 6) is -0.744. The molecule has 1 amide bonds. The fourth-order valence-electron chi connectivity index (χ4n) is 4.20. The topological polar surface area (TPSA) is 36.1 Å². The Morgan fingerprint density at radius 1 is 0.917 bits per heavy atom. The molecule has 1 heterocycles. The Labute approximate surface area is 207 Å². The van der Waals surface area contributed by atoms with Crippen LogP contribution in [0.25, 0.3) is 10.9 Å². The quantitative estimate of drug-likeness (QED) is 0.276. The van der Waals surface area contributed by atoms with Gasteiger partial charge in [-0.25, -0.2) is 4.39 Å². The number of alkyl halides is 3. The monoisotopic (exact) mass is 496 g/mol. The van der Waals surface area contributed by atoms with Gasteiger partial charge in [-0.15, -0.1) is 0 Å². The van der Waals surface area contributed by atoms with Crippen LogP contribution in [0.15, 0.2) is 72.9 Å². The Morgan fingerprint density at radius 2 is 1.67 bits per heavy atom. The van der Waals surface area contributed by atoms with E-state index in [1.54, 1.807) is 30.5 Å². The number of para-hydroxylation sites is 1. The highest BCUT2D eigenvalue weighted by molar-refractivity contribution is 6.05. The Balaban J connectivity index is 1.65. The highest BCUT2D eigenvalue weighted by Gasteiger charge is 2.30. The minimum absolute atomic E-state index is 0.00878. The number of halogens is 4. The van der Waals surface area contributed by atoms with Gasteiger partial charge in [0, 0.05) is 30.2 Å². The van der Waals surface area contributed by atoms with Crippen molar-refractivity contribution in [2.75, 3.05) is 6.54 Å². The SMILES string of the molecule is CC(C)(C)c1ccc(CN(CCc2cccc(C(F)(F)F)c2)C(=O)c2cccc3cc[nH]c23)c(F)c1. The zero-order chi connectivity index (χ0) is 26.1. The fourth-order valence-corrected chi connectivity index (χ4v) is 4.20. The zero-order valence-corrected chi connectivity index (χ0v) is 20.4. The normalized spacial score (nSPS) is 12.2. The molecule has 7 heteroatoms. The molecule has 0 aliphatic rings. The van der Waals surface area contributed by atoms with Crippen LogP contribution in [0.4, 0.5) is 17.6 Å². The molecular weight excluding hydrogens is 468 g/mol. The number of nitrogens with zero attached hydrogens (tertiary/aromatic N) is 1. The van der Waals surface area contributed by atoms with Gasteiger partial charge < -0.3 is 9.88 Å². The summed E-state index contributed by atoms with van der Waals surface area (Å²) in [6.07, 6.45) is -2.52. The number of benzene rings is 3.